The number of carboxylic acids is 1. The highest BCUT2D eigenvalue weighted by Crippen LogP contribution is 2.19. The third-order valence-corrected chi connectivity index (χ3v) is 3.72. The predicted molar refractivity (Wildman–Crippen MR) is 77.0 cm³/mol. The van der Waals surface area contributed by atoms with E-state index in [0.29, 0.717) is 6.54 Å². The van der Waals surface area contributed by atoms with Crippen LogP contribution in [0.15, 0.2) is 29.6 Å². The second-order valence-corrected chi connectivity index (χ2v) is 5.16. The fourth-order valence-electron chi connectivity index (χ4n) is 1.88. The number of anilines is 1. The summed E-state index contributed by atoms with van der Waals surface area (Å²) in [6.45, 7) is 5.61. The topological polar surface area (TPSA) is 53.4 Å². The zero-order valence-corrected chi connectivity index (χ0v) is 11.8. The first kappa shape index (κ1) is 13.5. The summed E-state index contributed by atoms with van der Waals surface area (Å²) in [5.74, 6) is -0.963. The lowest BCUT2D eigenvalue weighted by molar-refractivity contribution is 0.0696. The molecule has 0 fully saturated rings. The highest BCUT2D eigenvalue weighted by molar-refractivity contribution is 7.11. The van der Waals surface area contributed by atoms with Gasteiger partial charge in [-0.15, -0.1) is 11.3 Å². The summed E-state index contributed by atoms with van der Waals surface area (Å²) in [6, 6.07) is 8.26. The van der Waals surface area contributed by atoms with E-state index < -0.39 is 5.97 Å². The molecule has 0 unspecified atom stereocenters. The molecule has 0 spiro atoms. The van der Waals surface area contributed by atoms with Crippen LogP contribution in [-0.4, -0.2) is 22.6 Å². The Kier molecular flexibility index (Phi) is 4.16. The fourth-order valence-corrected chi connectivity index (χ4v) is 2.53. The normalized spacial score (nSPS) is 10.4. The molecule has 0 saturated heterocycles. The third kappa shape index (κ3) is 3.32. The summed E-state index contributed by atoms with van der Waals surface area (Å²) in [7, 11) is 0. The number of carbonyl (C=O) groups is 1. The highest BCUT2D eigenvalue weighted by atomic mass is 32.1. The Morgan fingerprint density at radius 1 is 1.47 bits per heavy atom. The first-order chi connectivity index (χ1) is 9.10. The Balaban J connectivity index is 2.16. The van der Waals surface area contributed by atoms with E-state index >= 15 is 0 Å². The van der Waals surface area contributed by atoms with Crippen LogP contribution in [0.2, 0.25) is 0 Å². The number of aryl methyl sites for hydroxylation is 1. The molecule has 1 aromatic heterocycles. The maximum atomic E-state index is 10.8. The summed E-state index contributed by atoms with van der Waals surface area (Å²) in [6.07, 6.45) is 0. The molecule has 0 aliphatic rings. The molecule has 2 rings (SSSR count). The molecular weight excluding hydrogens is 260 g/mol. The molecule has 0 saturated carbocycles. The van der Waals surface area contributed by atoms with Crippen molar-refractivity contribution in [2.24, 2.45) is 0 Å². The largest absolute Gasteiger partial charge is 0.476 e. The van der Waals surface area contributed by atoms with Crippen LogP contribution in [0.25, 0.3) is 0 Å². The quantitative estimate of drug-likeness (QED) is 0.911. The minimum Gasteiger partial charge on any atom is -0.476 e. The van der Waals surface area contributed by atoms with Gasteiger partial charge in [-0.1, -0.05) is 12.1 Å². The van der Waals surface area contributed by atoms with Crippen molar-refractivity contribution in [3.8, 4) is 0 Å². The van der Waals surface area contributed by atoms with Crippen LogP contribution in [0.3, 0.4) is 0 Å². The number of hydrogen-bond donors (Lipinski definition) is 1. The van der Waals surface area contributed by atoms with Crippen LogP contribution in [0, 0.1) is 6.92 Å². The number of carboxylic acid groups (broad SMARTS) is 1. The zero-order chi connectivity index (χ0) is 13.8. The van der Waals surface area contributed by atoms with Crippen molar-refractivity contribution in [1.82, 2.24) is 4.98 Å². The molecule has 0 atom stereocenters. The Bertz CT molecular complexity index is 580. The number of aromatic nitrogens is 1. The lowest BCUT2D eigenvalue weighted by Gasteiger charge is -2.22. The van der Waals surface area contributed by atoms with Crippen molar-refractivity contribution in [1.29, 1.82) is 0 Å². The van der Waals surface area contributed by atoms with E-state index in [1.807, 2.05) is 11.4 Å². The minimum absolute atomic E-state index is 0.148. The average Bonchev–Trinajstić information content (AvgIpc) is 2.84. The first-order valence-corrected chi connectivity index (χ1v) is 6.97. The molecule has 100 valence electrons. The number of rotatable bonds is 5. The molecule has 1 N–H and O–H groups in total. The highest BCUT2D eigenvalue weighted by Gasteiger charge is 2.12. The van der Waals surface area contributed by atoms with Crippen LogP contribution in [0.1, 0.15) is 28.0 Å². The summed E-state index contributed by atoms with van der Waals surface area (Å²) in [5.41, 5.74) is 3.14. The van der Waals surface area contributed by atoms with Gasteiger partial charge in [0.2, 0.25) is 5.01 Å². The monoisotopic (exact) mass is 276 g/mol. The van der Waals surface area contributed by atoms with Gasteiger partial charge in [0, 0.05) is 17.6 Å². The third-order valence-electron chi connectivity index (χ3n) is 2.84. The van der Waals surface area contributed by atoms with E-state index in [1.54, 1.807) is 0 Å². The van der Waals surface area contributed by atoms with Crippen LogP contribution >= 0.6 is 11.3 Å². The molecule has 1 aromatic carbocycles. The van der Waals surface area contributed by atoms with Gasteiger partial charge in [0.25, 0.3) is 0 Å². The number of hydrogen-bond acceptors (Lipinski definition) is 4. The Hall–Kier alpha value is -1.88. The lowest BCUT2D eigenvalue weighted by Crippen LogP contribution is -2.22. The molecule has 0 bridgehead atoms. The predicted octanol–water partition coefficient (Wildman–Crippen LogP) is 3.18. The molecule has 19 heavy (non-hydrogen) atoms. The Morgan fingerprint density at radius 2 is 2.26 bits per heavy atom. The van der Waals surface area contributed by atoms with E-state index in [0.717, 1.165) is 17.9 Å². The fraction of sp³-hybridized carbons (Fsp3) is 0.286. The minimum atomic E-state index is -0.963. The van der Waals surface area contributed by atoms with Crippen molar-refractivity contribution in [3.63, 3.8) is 0 Å². The van der Waals surface area contributed by atoms with Gasteiger partial charge in [-0.25, -0.2) is 9.78 Å². The molecule has 0 amide bonds. The maximum absolute atomic E-state index is 10.8. The molecule has 4 nitrogen and oxygen atoms in total. The lowest BCUT2D eigenvalue weighted by atomic mass is 10.2. The van der Waals surface area contributed by atoms with Gasteiger partial charge in [-0.05, 0) is 31.5 Å². The van der Waals surface area contributed by atoms with Gasteiger partial charge < -0.3 is 10.0 Å². The summed E-state index contributed by atoms with van der Waals surface area (Å²) >= 11 is 1.17. The van der Waals surface area contributed by atoms with Gasteiger partial charge in [-0.3, -0.25) is 0 Å². The average molecular weight is 276 g/mol. The van der Waals surface area contributed by atoms with Gasteiger partial charge in [0.05, 0.1) is 12.2 Å². The zero-order valence-electron chi connectivity index (χ0n) is 11.0. The second kappa shape index (κ2) is 5.84. The first-order valence-electron chi connectivity index (χ1n) is 6.09. The van der Waals surface area contributed by atoms with Crippen molar-refractivity contribution >= 4 is 23.0 Å². The van der Waals surface area contributed by atoms with Gasteiger partial charge >= 0.3 is 5.97 Å². The molecule has 0 aliphatic heterocycles. The van der Waals surface area contributed by atoms with Gasteiger partial charge in [0.15, 0.2) is 0 Å². The van der Waals surface area contributed by atoms with Crippen molar-refractivity contribution in [3.05, 3.63) is 45.9 Å². The molecule has 5 heteroatoms. The maximum Gasteiger partial charge on any atom is 0.365 e. The summed E-state index contributed by atoms with van der Waals surface area (Å²) in [4.78, 5) is 17.1. The molecule has 0 aliphatic carbocycles. The molecular formula is C14H16N2O2S. The van der Waals surface area contributed by atoms with E-state index in [2.05, 4.69) is 41.9 Å². The van der Waals surface area contributed by atoms with Crippen molar-refractivity contribution in [2.75, 3.05) is 11.4 Å². The van der Waals surface area contributed by atoms with E-state index in [4.69, 9.17) is 5.11 Å². The molecule has 2 aromatic rings. The number of thiazole rings is 1. The van der Waals surface area contributed by atoms with Crippen molar-refractivity contribution < 1.29 is 9.90 Å². The smallest absolute Gasteiger partial charge is 0.365 e. The van der Waals surface area contributed by atoms with Crippen LogP contribution in [0.5, 0.6) is 0 Å². The standard InChI is InChI=1S/C14H16N2O2S/c1-3-16(12-6-4-5-10(2)7-12)8-11-9-19-13(15-11)14(17)18/h4-7,9H,3,8H2,1-2H3,(H,17,18). The Morgan fingerprint density at radius 3 is 2.84 bits per heavy atom. The Labute approximate surface area is 116 Å². The number of benzene rings is 1. The molecule has 0 radical (unpaired) electrons. The van der Waals surface area contributed by atoms with Crippen molar-refractivity contribution in [2.45, 2.75) is 20.4 Å². The van der Waals surface area contributed by atoms with E-state index in [-0.39, 0.29) is 5.01 Å². The van der Waals surface area contributed by atoms with Crippen LogP contribution in [-0.2, 0) is 6.54 Å². The SMILES string of the molecule is CCN(Cc1csc(C(=O)O)n1)c1cccc(C)c1. The summed E-state index contributed by atoms with van der Waals surface area (Å²) in [5, 5.41) is 10.8. The van der Waals surface area contributed by atoms with Crippen LogP contribution < -0.4 is 4.90 Å². The molecule has 1 heterocycles. The van der Waals surface area contributed by atoms with E-state index in [9.17, 15) is 4.79 Å². The van der Waals surface area contributed by atoms with Gasteiger partial charge in [0.1, 0.15) is 0 Å². The van der Waals surface area contributed by atoms with E-state index in [1.165, 1.54) is 16.9 Å². The number of aromatic carboxylic acids is 1. The van der Waals surface area contributed by atoms with Crippen LogP contribution in [0.4, 0.5) is 5.69 Å². The summed E-state index contributed by atoms with van der Waals surface area (Å²) < 4.78 is 0. The van der Waals surface area contributed by atoms with Gasteiger partial charge in [-0.2, -0.15) is 0 Å². The number of nitrogens with zero attached hydrogens (tertiary/aromatic N) is 2. The second-order valence-electron chi connectivity index (χ2n) is 4.30.